The second kappa shape index (κ2) is 3.47. The monoisotopic (exact) mass is 231 g/mol. The summed E-state index contributed by atoms with van der Waals surface area (Å²) in [4.78, 5) is 22.9. The quantitative estimate of drug-likeness (QED) is 0.831. The van der Waals surface area contributed by atoms with Gasteiger partial charge in [-0.25, -0.2) is 14.5 Å². The summed E-state index contributed by atoms with van der Waals surface area (Å²) >= 11 is 5.52. The Hall–Kier alpha value is -1.69. The van der Waals surface area contributed by atoms with Crippen molar-refractivity contribution in [1.82, 2.24) is 0 Å². The molecular formula is C8H6ClNO5. The number of anilines is 1. The minimum absolute atomic E-state index is 0.0647. The first kappa shape index (κ1) is 9.85. The Labute approximate surface area is 89.0 Å². The molecule has 80 valence electrons. The van der Waals surface area contributed by atoms with Gasteiger partial charge in [0.15, 0.2) is 11.3 Å². The van der Waals surface area contributed by atoms with Gasteiger partial charge in [-0.2, -0.15) is 0 Å². The van der Waals surface area contributed by atoms with E-state index in [1.165, 1.54) is 12.1 Å². The molecule has 1 aromatic heterocycles. The van der Waals surface area contributed by atoms with Crippen molar-refractivity contribution < 1.29 is 23.8 Å². The number of rotatable bonds is 2. The molecule has 0 aliphatic carbocycles. The minimum Gasteiger partial charge on any atom is -0.480 e. The van der Waals surface area contributed by atoms with E-state index in [0.717, 1.165) is 4.90 Å². The molecule has 0 saturated carbocycles. The molecule has 7 heteroatoms. The Morgan fingerprint density at radius 1 is 1.60 bits per heavy atom. The summed E-state index contributed by atoms with van der Waals surface area (Å²) in [6, 6.07) is 1.76. The standard InChI is InChI=1S/C8H6ClNO5/c9-5-1-2-6(15-5)10-4(7(11)12)3-14-8(10)13/h1-2,4H,3H2,(H,11,12). The van der Waals surface area contributed by atoms with E-state index in [1.54, 1.807) is 0 Å². The molecule has 2 rings (SSSR count). The predicted molar refractivity (Wildman–Crippen MR) is 49.0 cm³/mol. The number of aliphatic carboxylic acids is 1. The van der Waals surface area contributed by atoms with Crippen LogP contribution in [-0.4, -0.2) is 29.8 Å². The average Bonchev–Trinajstić information content (AvgIpc) is 2.71. The number of furan rings is 1. The SMILES string of the molecule is O=C(O)C1COC(=O)N1c1ccc(Cl)o1. The summed E-state index contributed by atoms with van der Waals surface area (Å²) in [7, 11) is 0. The van der Waals surface area contributed by atoms with Crippen molar-refractivity contribution >= 4 is 29.5 Å². The second-order valence-electron chi connectivity index (χ2n) is 2.88. The zero-order chi connectivity index (χ0) is 11.0. The van der Waals surface area contributed by atoms with Crippen molar-refractivity contribution in [2.45, 2.75) is 6.04 Å². The molecule has 1 unspecified atom stereocenters. The summed E-state index contributed by atoms with van der Waals surface area (Å²) < 4.78 is 9.55. The molecule has 1 aromatic rings. The zero-order valence-electron chi connectivity index (χ0n) is 7.34. The van der Waals surface area contributed by atoms with Crippen molar-refractivity contribution in [3.05, 3.63) is 17.4 Å². The molecule has 0 radical (unpaired) electrons. The molecule has 0 spiro atoms. The van der Waals surface area contributed by atoms with E-state index in [9.17, 15) is 9.59 Å². The van der Waals surface area contributed by atoms with Gasteiger partial charge < -0.3 is 14.3 Å². The van der Waals surface area contributed by atoms with Gasteiger partial charge in [-0.15, -0.1) is 0 Å². The zero-order valence-corrected chi connectivity index (χ0v) is 8.10. The van der Waals surface area contributed by atoms with E-state index in [4.69, 9.17) is 21.1 Å². The van der Waals surface area contributed by atoms with Gasteiger partial charge in [-0.3, -0.25) is 0 Å². The number of halogens is 1. The number of hydrogen-bond donors (Lipinski definition) is 1. The lowest BCUT2D eigenvalue weighted by molar-refractivity contribution is -0.138. The highest BCUT2D eigenvalue weighted by molar-refractivity contribution is 6.29. The van der Waals surface area contributed by atoms with Crippen molar-refractivity contribution in [3.63, 3.8) is 0 Å². The van der Waals surface area contributed by atoms with Crippen LogP contribution < -0.4 is 4.90 Å². The van der Waals surface area contributed by atoms with Crippen LogP contribution in [0.5, 0.6) is 0 Å². The van der Waals surface area contributed by atoms with Crippen LogP contribution in [0.2, 0.25) is 5.22 Å². The molecule has 2 heterocycles. The number of nitrogens with zero attached hydrogens (tertiary/aromatic N) is 1. The first-order chi connectivity index (χ1) is 7.09. The molecule has 1 N–H and O–H groups in total. The fraction of sp³-hybridized carbons (Fsp3) is 0.250. The van der Waals surface area contributed by atoms with Crippen molar-refractivity contribution in [2.24, 2.45) is 0 Å². The fourth-order valence-electron chi connectivity index (χ4n) is 1.28. The first-order valence-electron chi connectivity index (χ1n) is 4.03. The topological polar surface area (TPSA) is 80.0 Å². The molecule has 1 aliphatic heterocycles. The third-order valence-electron chi connectivity index (χ3n) is 1.95. The van der Waals surface area contributed by atoms with Crippen LogP contribution in [0, 0.1) is 0 Å². The lowest BCUT2D eigenvalue weighted by Crippen LogP contribution is -2.39. The lowest BCUT2D eigenvalue weighted by atomic mass is 10.3. The van der Waals surface area contributed by atoms with E-state index in [1.807, 2.05) is 0 Å². The highest BCUT2D eigenvalue weighted by Gasteiger charge is 2.40. The largest absolute Gasteiger partial charge is 0.480 e. The van der Waals surface area contributed by atoms with Gasteiger partial charge in [0.25, 0.3) is 0 Å². The molecule has 6 nitrogen and oxygen atoms in total. The molecule has 1 amide bonds. The highest BCUT2D eigenvalue weighted by Crippen LogP contribution is 2.27. The minimum atomic E-state index is -1.16. The van der Waals surface area contributed by atoms with Crippen LogP contribution >= 0.6 is 11.6 Å². The molecule has 0 bridgehead atoms. The van der Waals surface area contributed by atoms with Crippen molar-refractivity contribution in [1.29, 1.82) is 0 Å². The van der Waals surface area contributed by atoms with Gasteiger partial charge in [0.2, 0.25) is 5.88 Å². The Morgan fingerprint density at radius 2 is 2.33 bits per heavy atom. The lowest BCUT2D eigenvalue weighted by Gasteiger charge is -2.13. The van der Waals surface area contributed by atoms with Gasteiger partial charge in [0.1, 0.15) is 6.61 Å². The van der Waals surface area contributed by atoms with E-state index >= 15 is 0 Å². The smallest absolute Gasteiger partial charge is 0.417 e. The first-order valence-corrected chi connectivity index (χ1v) is 4.41. The average molecular weight is 232 g/mol. The third kappa shape index (κ3) is 1.63. The van der Waals surface area contributed by atoms with E-state index in [-0.39, 0.29) is 17.7 Å². The molecule has 1 aliphatic rings. The summed E-state index contributed by atoms with van der Waals surface area (Å²) in [6.07, 6.45) is -0.756. The second-order valence-corrected chi connectivity index (χ2v) is 3.25. The van der Waals surface area contributed by atoms with Gasteiger partial charge in [0.05, 0.1) is 0 Å². The Morgan fingerprint density at radius 3 is 2.87 bits per heavy atom. The van der Waals surface area contributed by atoms with Gasteiger partial charge >= 0.3 is 12.1 Å². The molecular weight excluding hydrogens is 226 g/mol. The van der Waals surface area contributed by atoms with Crippen LogP contribution in [0.1, 0.15) is 0 Å². The van der Waals surface area contributed by atoms with E-state index in [0.29, 0.717) is 0 Å². The predicted octanol–water partition coefficient (Wildman–Crippen LogP) is 1.34. The van der Waals surface area contributed by atoms with Crippen LogP contribution in [-0.2, 0) is 9.53 Å². The maximum atomic E-state index is 11.2. The van der Waals surface area contributed by atoms with Gasteiger partial charge in [0, 0.05) is 6.07 Å². The maximum Gasteiger partial charge on any atom is 0.417 e. The number of carbonyl (C=O) groups is 2. The molecule has 1 saturated heterocycles. The molecule has 0 aromatic carbocycles. The number of carboxylic acids is 1. The summed E-state index contributed by atoms with van der Waals surface area (Å²) in [5, 5.41) is 8.90. The normalized spacial score (nSPS) is 20.5. The number of ether oxygens (including phenoxy) is 1. The van der Waals surface area contributed by atoms with Crippen molar-refractivity contribution in [2.75, 3.05) is 11.5 Å². The molecule has 1 atom stereocenters. The van der Waals surface area contributed by atoms with Crippen LogP contribution in [0.3, 0.4) is 0 Å². The highest BCUT2D eigenvalue weighted by atomic mass is 35.5. The summed E-state index contributed by atoms with van der Waals surface area (Å²) in [6.45, 7) is -0.202. The summed E-state index contributed by atoms with van der Waals surface area (Å²) in [5.74, 6) is -1.09. The Balaban J connectivity index is 2.32. The number of carbonyl (C=O) groups excluding carboxylic acids is 1. The van der Waals surface area contributed by atoms with Gasteiger partial charge in [-0.1, -0.05) is 0 Å². The van der Waals surface area contributed by atoms with E-state index < -0.39 is 18.1 Å². The van der Waals surface area contributed by atoms with E-state index in [2.05, 4.69) is 4.74 Å². The molecule has 15 heavy (non-hydrogen) atoms. The molecule has 1 fully saturated rings. The Bertz CT molecular complexity index is 415. The fourth-order valence-corrected chi connectivity index (χ4v) is 1.42. The van der Waals surface area contributed by atoms with Crippen LogP contribution in [0.4, 0.5) is 10.7 Å². The van der Waals surface area contributed by atoms with Crippen LogP contribution in [0.15, 0.2) is 16.5 Å². The number of carboxylic acid groups (broad SMARTS) is 1. The summed E-state index contributed by atoms with van der Waals surface area (Å²) in [5.41, 5.74) is 0. The number of amides is 1. The number of cyclic esters (lactones) is 1. The van der Waals surface area contributed by atoms with Gasteiger partial charge in [-0.05, 0) is 17.7 Å². The van der Waals surface area contributed by atoms with Crippen LogP contribution in [0.25, 0.3) is 0 Å². The maximum absolute atomic E-state index is 11.2. The van der Waals surface area contributed by atoms with Crippen molar-refractivity contribution in [3.8, 4) is 0 Å². The Kier molecular flexibility index (Phi) is 2.28. The third-order valence-corrected chi connectivity index (χ3v) is 2.16. The number of hydrogen-bond acceptors (Lipinski definition) is 4.